The standard InChI is InChI=1S/C16H18N2O5S2/c1-4-17-13-9-24-10-15(13)25(20,21)18(16(17)19)8-11-5-6-12(22-2)7-14(11)23-3/h5-7,9-10H,4,8H2,1-3H3. The zero-order valence-electron chi connectivity index (χ0n) is 14.1. The third-order valence-corrected chi connectivity index (χ3v) is 6.66. The van der Waals surface area contributed by atoms with Gasteiger partial charge in [0.15, 0.2) is 0 Å². The van der Waals surface area contributed by atoms with Crippen LogP contribution >= 0.6 is 11.3 Å². The molecule has 1 aliphatic rings. The normalized spacial score (nSPS) is 15.9. The minimum atomic E-state index is -3.90. The minimum absolute atomic E-state index is 0.111. The van der Waals surface area contributed by atoms with Gasteiger partial charge in [0.1, 0.15) is 16.4 Å². The van der Waals surface area contributed by atoms with Crippen LogP contribution in [0.25, 0.3) is 0 Å². The van der Waals surface area contributed by atoms with E-state index in [0.717, 1.165) is 4.31 Å². The van der Waals surface area contributed by atoms with Gasteiger partial charge in [-0.2, -0.15) is 0 Å². The molecule has 2 amide bonds. The lowest BCUT2D eigenvalue weighted by atomic mass is 10.2. The molecule has 7 nitrogen and oxygen atoms in total. The van der Waals surface area contributed by atoms with Gasteiger partial charge in [0.05, 0.1) is 26.5 Å². The third-order valence-electron chi connectivity index (χ3n) is 4.03. The Morgan fingerprint density at radius 2 is 1.92 bits per heavy atom. The second kappa shape index (κ2) is 6.57. The molecule has 1 aromatic heterocycles. The van der Waals surface area contributed by atoms with Gasteiger partial charge in [-0.15, -0.1) is 11.3 Å². The fourth-order valence-corrected chi connectivity index (χ4v) is 5.43. The first-order chi connectivity index (χ1) is 11.9. The van der Waals surface area contributed by atoms with Crippen LogP contribution in [0.3, 0.4) is 0 Å². The largest absolute Gasteiger partial charge is 0.497 e. The first kappa shape index (κ1) is 17.6. The van der Waals surface area contributed by atoms with Crippen molar-refractivity contribution in [2.24, 2.45) is 0 Å². The summed E-state index contributed by atoms with van der Waals surface area (Å²) in [7, 11) is -0.887. The molecule has 1 aliphatic heterocycles. The van der Waals surface area contributed by atoms with Gasteiger partial charge in [-0.3, -0.25) is 4.90 Å². The molecule has 0 spiro atoms. The first-order valence-electron chi connectivity index (χ1n) is 7.55. The van der Waals surface area contributed by atoms with Crippen molar-refractivity contribution in [1.29, 1.82) is 0 Å². The Bertz CT molecular complexity index is 907. The van der Waals surface area contributed by atoms with Crippen molar-refractivity contribution < 1.29 is 22.7 Å². The lowest BCUT2D eigenvalue weighted by Crippen LogP contribution is -2.49. The number of benzene rings is 1. The average molecular weight is 382 g/mol. The van der Waals surface area contributed by atoms with E-state index in [2.05, 4.69) is 0 Å². The monoisotopic (exact) mass is 382 g/mol. The molecule has 0 unspecified atom stereocenters. The highest BCUT2D eigenvalue weighted by Gasteiger charge is 2.41. The summed E-state index contributed by atoms with van der Waals surface area (Å²) in [6, 6.07) is 4.49. The Labute approximate surface area is 150 Å². The SMILES string of the molecule is CCN1C(=O)N(Cc2ccc(OC)cc2OC)S(=O)(=O)c2cscc21. The van der Waals surface area contributed by atoms with E-state index in [1.165, 1.54) is 30.5 Å². The molecule has 0 fully saturated rings. The Balaban J connectivity index is 2.04. The number of carbonyl (C=O) groups excluding carboxylic acids is 1. The summed E-state index contributed by atoms with van der Waals surface area (Å²) in [5, 5.41) is 3.23. The summed E-state index contributed by atoms with van der Waals surface area (Å²) in [6.45, 7) is 2.08. The quantitative estimate of drug-likeness (QED) is 0.795. The van der Waals surface area contributed by atoms with Crippen LogP contribution in [-0.4, -0.2) is 39.5 Å². The molecule has 0 N–H and O–H groups in total. The molecule has 2 heterocycles. The number of hydrogen-bond donors (Lipinski definition) is 0. The van der Waals surface area contributed by atoms with Crippen molar-refractivity contribution in [3.8, 4) is 11.5 Å². The molecule has 2 aromatic rings. The smallest absolute Gasteiger partial charge is 0.338 e. The van der Waals surface area contributed by atoms with E-state index in [0.29, 0.717) is 29.3 Å². The molecule has 1 aromatic carbocycles. The lowest BCUT2D eigenvalue weighted by molar-refractivity contribution is 0.226. The zero-order valence-corrected chi connectivity index (χ0v) is 15.7. The van der Waals surface area contributed by atoms with Crippen LogP contribution in [0.5, 0.6) is 11.5 Å². The van der Waals surface area contributed by atoms with Gasteiger partial charge < -0.3 is 9.47 Å². The molecule has 9 heteroatoms. The summed E-state index contributed by atoms with van der Waals surface area (Å²) < 4.78 is 37.1. The summed E-state index contributed by atoms with van der Waals surface area (Å²) in [4.78, 5) is 14.4. The molecule has 0 saturated carbocycles. The number of carbonyl (C=O) groups is 1. The maximum Gasteiger partial charge on any atom is 0.338 e. The number of ether oxygens (including phenoxy) is 2. The number of anilines is 1. The molecule has 0 bridgehead atoms. The van der Waals surface area contributed by atoms with E-state index < -0.39 is 16.1 Å². The number of hydrogen-bond acceptors (Lipinski definition) is 6. The summed E-state index contributed by atoms with van der Waals surface area (Å²) >= 11 is 1.26. The van der Waals surface area contributed by atoms with Crippen LogP contribution in [0.15, 0.2) is 33.9 Å². The van der Waals surface area contributed by atoms with Crippen molar-refractivity contribution in [3.05, 3.63) is 34.5 Å². The Morgan fingerprint density at radius 1 is 1.16 bits per heavy atom. The van der Waals surface area contributed by atoms with Gasteiger partial charge in [-0.1, -0.05) is 0 Å². The molecule has 3 rings (SSSR count). The van der Waals surface area contributed by atoms with Gasteiger partial charge in [0.25, 0.3) is 10.0 Å². The molecular formula is C16H18N2O5S2. The summed E-state index contributed by atoms with van der Waals surface area (Å²) in [6.07, 6.45) is 0. The predicted octanol–water partition coefficient (Wildman–Crippen LogP) is 2.92. The van der Waals surface area contributed by atoms with Crippen molar-refractivity contribution in [1.82, 2.24) is 4.31 Å². The van der Waals surface area contributed by atoms with Crippen LogP contribution in [0.1, 0.15) is 12.5 Å². The van der Waals surface area contributed by atoms with Crippen LogP contribution in [0.2, 0.25) is 0 Å². The summed E-state index contributed by atoms with van der Waals surface area (Å²) in [5.74, 6) is 1.05. The highest BCUT2D eigenvalue weighted by Crippen LogP contribution is 2.38. The number of urea groups is 1. The van der Waals surface area contributed by atoms with E-state index in [9.17, 15) is 13.2 Å². The van der Waals surface area contributed by atoms with Crippen LogP contribution in [0.4, 0.5) is 10.5 Å². The number of methoxy groups -OCH3 is 2. The Morgan fingerprint density at radius 3 is 2.56 bits per heavy atom. The second-order valence-electron chi connectivity index (χ2n) is 5.34. The molecule has 134 valence electrons. The fraction of sp³-hybridized carbons (Fsp3) is 0.312. The highest BCUT2D eigenvalue weighted by molar-refractivity contribution is 7.90. The molecular weight excluding hydrogens is 364 g/mol. The van der Waals surface area contributed by atoms with Gasteiger partial charge >= 0.3 is 6.03 Å². The molecule has 0 radical (unpaired) electrons. The number of thiophene rings is 1. The van der Waals surface area contributed by atoms with Crippen LogP contribution in [-0.2, 0) is 16.6 Å². The predicted molar refractivity (Wildman–Crippen MR) is 95.0 cm³/mol. The van der Waals surface area contributed by atoms with Crippen LogP contribution < -0.4 is 14.4 Å². The number of rotatable bonds is 5. The topological polar surface area (TPSA) is 76.2 Å². The number of sulfonamides is 1. The highest BCUT2D eigenvalue weighted by atomic mass is 32.2. The number of nitrogens with zero attached hydrogens (tertiary/aromatic N) is 2. The van der Waals surface area contributed by atoms with Crippen molar-refractivity contribution in [2.45, 2.75) is 18.4 Å². The van der Waals surface area contributed by atoms with E-state index in [-0.39, 0.29) is 11.4 Å². The molecule has 0 saturated heterocycles. The average Bonchev–Trinajstić information content (AvgIpc) is 3.09. The van der Waals surface area contributed by atoms with Gasteiger partial charge in [-0.05, 0) is 19.1 Å². The van der Waals surface area contributed by atoms with E-state index >= 15 is 0 Å². The van der Waals surface area contributed by atoms with E-state index in [1.54, 1.807) is 29.0 Å². The van der Waals surface area contributed by atoms with Crippen molar-refractivity contribution in [2.75, 3.05) is 25.7 Å². The second-order valence-corrected chi connectivity index (χ2v) is 7.91. The van der Waals surface area contributed by atoms with Gasteiger partial charge in [0, 0.05) is 28.9 Å². The molecule has 25 heavy (non-hydrogen) atoms. The van der Waals surface area contributed by atoms with Crippen molar-refractivity contribution in [3.63, 3.8) is 0 Å². The minimum Gasteiger partial charge on any atom is -0.497 e. The van der Waals surface area contributed by atoms with Crippen LogP contribution in [0, 0.1) is 0 Å². The lowest BCUT2D eigenvalue weighted by Gasteiger charge is -2.34. The maximum atomic E-state index is 12.9. The van der Waals surface area contributed by atoms with Gasteiger partial charge in [0.2, 0.25) is 0 Å². The molecule has 0 aliphatic carbocycles. The number of amides is 2. The van der Waals surface area contributed by atoms with E-state index in [4.69, 9.17) is 9.47 Å². The number of fused-ring (bicyclic) bond motifs is 1. The van der Waals surface area contributed by atoms with Gasteiger partial charge in [-0.25, -0.2) is 17.5 Å². The fourth-order valence-electron chi connectivity index (χ4n) is 2.72. The third kappa shape index (κ3) is 2.83. The maximum absolute atomic E-state index is 12.9. The Kier molecular flexibility index (Phi) is 4.61. The molecule has 0 atom stereocenters. The zero-order chi connectivity index (χ0) is 18.2. The Hall–Kier alpha value is -2.26. The summed E-state index contributed by atoms with van der Waals surface area (Å²) in [5.41, 5.74) is 1.02. The van der Waals surface area contributed by atoms with Crippen molar-refractivity contribution >= 4 is 33.1 Å². The van der Waals surface area contributed by atoms with E-state index in [1.807, 2.05) is 6.92 Å². The first-order valence-corrected chi connectivity index (χ1v) is 9.93.